The maximum Gasteiger partial charge on any atom is 0.0432 e. The normalized spacial score (nSPS) is 14.3. The summed E-state index contributed by atoms with van der Waals surface area (Å²) in [6, 6.07) is 15.6. The van der Waals surface area contributed by atoms with E-state index in [0.29, 0.717) is 0 Å². The third kappa shape index (κ3) is 2.51. The minimum Gasteiger partial charge on any atom is -0.367 e. The second-order valence-corrected chi connectivity index (χ2v) is 5.58. The van der Waals surface area contributed by atoms with Crippen molar-refractivity contribution < 1.29 is 0 Å². The molecule has 0 saturated heterocycles. The first-order valence-electron chi connectivity index (χ1n) is 7.13. The average molecular weight is 251 g/mol. The fraction of sp³-hybridized carbons (Fsp3) is 0.333. The van der Waals surface area contributed by atoms with Crippen molar-refractivity contribution >= 4 is 5.69 Å². The van der Waals surface area contributed by atoms with Crippen LogP contribution in [0.25, 0.3) is 0 Å². The van der Waals surface area contributed by atoms with E-state index in [1.165, 1.54) is 47.3 Å². The lowest BCUT2D eigenvalue weighted by Crippen LogP contribution is -2.29. The minimum absolute atomic E-state index is 1.03. The van der Waals surface area contributed by atoms with E-state index in [1.54, 1.807) is 0 Å². The van der Waals surface area contributed by atoms with Crippen molar-refractivity contribution in [2.75, 3.05) is 11.4 Å². The number of rotatable bonds is 2. The molecule has 1 aliphatic heterocycles. The molecule has 0 radical (unpaired) electrons. The van der Waals surface area contributed by atoms with Gasteiger partial charge in [0, 0.05) is 18.8 Å². The Kier molecular flexibility index (Phi) is 3.29. The Morgan fingerprint density at radius 2 is 1.89 bits per heavy atom. The number of aryl methyl sites for hydroxylation is 3. The number of hydrogen-bond acceptors (Lipinski definition) is 1. The highest BCUT2D eigenvalue weighted by atomic mass is 15.1. The first-order chi connectivity index (χ1) is 9.24. The molecule has 0 N–H and O–H groups in total. The molecule has 0 atom stereocenters. The van der Waals surface area contributed by atoms with Gasteiger partial charge in [-0.1, -0.05) is 42.0 Å². The summed E-state index contributed by atoms with van der Waals surface area (Å²) in [5.74, 6) is 0. The van der Waals surface area contributed by atoms with Gasteiger partial charge in [-0.2, -0.15) is 0 Å². The molecular weight excluding hydrogens is 230 g/mol. The SMILES string of the molecule is Cc1ccc2c(c1)CCCN2Cc1ccccc1C. The van der Waals surface area contributed by atoms with E-state index in [1.807, 2.05) is 0 Å². The highest BCUT2D eigenvalue weighted by molar-refractivity contribution is 5.57. The maximum absolute atomic E-state index is 2.53. The van der Waals surface area contributed by atoms with Gasteiger partial charge in [0.2, 0.25) is 0 Å². The van der Waals surface area contributed by atoms with Crippen LogP contribution in [0, 0.1) is 13.8 Å². The summed E-state index contributed by atoms with van der Waals surface area (Å²) >= 11 is 0. The van der Waals surface area contributed by atoms with Gasteiger partial charge in [0.05, 0.1) is 0 Å². The van der Waals surface area contributed by atoms with Crippen LogP contribution in [-0.2, 0) is 13.0 Å². The molecule has 0 spiro atoms. The molecule has 1 heteroatoms. The van der Waals surface area contributed by atoms with Gasteiger partial charge < -0.3 is 4.90 Å². The number of benzene rings is 2. The van der Waals surface area contributed by atoms with Crippen LogP contribution in [0.2, 0.25) is 0 Å². The van der Waals surface area contributed by atoms with Crippen LogP contribution in [0.4, 0.5) is 5.69 Å². The molecule has 19 heavy (non-hydrogen) atoms. The zero-order valence-corrected chi connectivity index (χ0v) is 11.8. The van der Waals surface area contributed by atoms with Gasteiger partial charge in [-0.3, -0.25) is 0 Å². The lowest BCUT2D eigenvalue weighted by molar-refractivity contribution is 0.689. The smallest absolute Gasteiger partial charge is 0.0432 e. The standard InChI is InChI=1S/C18H21N/c1-14-9-10-18-16(12-14)8-5-11-19(18)13-17-7-4-3-6-15(17)2/h3-4,6-7,9-10,12H,5,8,11,13H2,1-2H3. The third-order valence-electron chi connectivity index (χ3n) is 4.07. The van der Waals surface area contributed by atoms with Crippen LogP contribution >= 0.6 is 0 Å². The zero-order chi connectivity index (χ0) is 13.2. The molecule has 2 aromatic rings. The summed E-state index contributed by atoms with van der Waals surface area (Å²) in [7, 11) is 0. The van der Waals surface area contributed by atoms with Crippen LogP contribution in [0.1, 0.15) is 28.7 Å². The summed E-state index contributed by atoms with van der Waals surface area (Å²) in [6.45, 7) is 6.59. The zero-order valence-electron chi connectivity index (χ0n) is 11.8. The van der Waals surface area contributed by atoms with Crippen molar-refractivity contribution in [2.24, 2.45) is 0 Å². The number of nitrogens with zero attached hydrogens (tertiary/aromatic N) is 1. The summed E-state index contributed by atoms with van der Waals surface area (Å²) < 4.78 is 0. The van der Waals surface area contributed by atoms with Crippen LogP contribution < -0.4 is 4.90 Å². The number of fused-ring (bicyclic) bond motifs is 1. The third-order valence-corrected chi connectivity index (χ3v) is 4.07. The first kappa shape index (κ1) is 12.3. The van der Waals surface area contributed by atoms with Crippen LogP contribution in [0.15, 0.2) is 42.5 Å². The van der Waals surface area contributed by atoms with Crippen LogP contribution in [0.5, 0.6) is 0 Å². The van der Waals surface area contributed by atoms with Gasteiger partial charge in [-0.15, -0.1) is 0 Å². The van der Waals surface area contributed by atoms with Crippen molar-refractivity contribution in [3.05, 3.63) is 64.7 Å². The Morgan fingerprint density at radius 1 is 1.05 bits per heavy atom. The van der Waals surface area contributed by atoms with E-state index in [9.17, 15) is 0 Å². The minimum atomic E-state index is 1.03. The summed E-state index contributed by atoms with van der Waals surface area (Å²) in [6.07, 6.45) is 2.49. The van der Waals surface area contributed by atoms with E-state index in [-0.39, 0.29) is 0 Å². The lowest BCUT2D eigenvalue weighted by Gasteiger charge is -2.32. The Balaban J connectivity index is 1.90. The molecule has 3 rings (SSSR count). The van der Waals surface area contributed by atoms with E-state index >= 15 is 0 Å². The fourth-order valence-electron chi connectivity index (χ4n) is 2.96. The van der Waals surface area contributed by atoms with E-state index < -0.39 is 0 Å². The fourth-order valence-corrected chi connectivity index (χ4v) is 2.96. The topological polar surface area (TPSA) is 3.24 Å². The molecule has 0 unspecified atom stereocenters. The van der Waals surface area contributed by atoms with Crippen LogP contribution in [0.3, 0.4) is 0 Å². The molecule has 0 aliphatic carbocycles. The maximum atomic E-state index is 2.53. The summed E-state index contributed by atoms with van der Waals surface area (Å²) in [5, 5.41) is 0. The molecule has 0 fully saturated rings. The Labute approximate surface area is 115 Å². The second-order valence-electron chi connectivity index (χ2n) is 5.58. The van der Waals surface area contributed by atoms with Gasteiger partial charge in [0.25, 0.3) is 0 Å². The van der Waals surface area contributed by atoms with Crippen molar-refractivity contribution in [1.82, 2.24) is 0 Å². The molecule has 1 aliphatic rings. The summed E-state index contributed by atoms with van der Waals surface area (Å²) in [4.78, 5) is 2.53. The molecule has 0 saturated carbocycles. The molecule has 1 nitrogen and oxygen atoms in total. The van der Waals surface area contributed by atoms with E-state index in [0.717, 1.165) is 6.54 Å². The van der Waals surface area contributed by atoms with Crippen LogP contribution in [-0.4, -0.2) is 6.54 Å². The first-order valence-corrected chi connectivity index (χ1v) is 7.13. The summed E-state index contributed by atoms with van der Waals surface area (Å²) in [5.41, 5.74) is 7.15. The molecule has 2 aromatic carbocycles. The molecule has 0 amide bonds. The van der Waals surface area contributed by atoms with Gasteiger partial charge in [-0.05, 0) is 49.4 Å². The van der Waals surface area contributed by atoms with Gasteiger partial charge in [-0.25, -0.2) is 0 Å². The molecular formula is C18H21N. The predicted molar refractivity (Wildman–Crippen MR) is 81.7 cm³/mol. The van der Waals surface area contributed by atoms with E-state index in [4.69, 9.17) is 0 Å². The van der Waals surface area contributed by atoms with Crippen molar-refractivity contribution in [2.45, 2.75) is 33.2 Å². The Morgan fingerprint density at radius 3 is 2.74 bits per heavy atom. The second kappa shape index (κ2) is 5.08. The van der Waals surface area contributed by atoms with Gasteiger partial charge in [0.15, 0.2) is 0 Å². The van der Waals surface area contributed by atoms with Crippen molar-refractivity contribution in [3.63, 3.8) is 0 Å². The Bertz CT molecular complexity index is 586. The average Bonchev–Trinajstić information content (AvgIpc) is 2.41. The lowest BCUT2D eigenvalue weighted by atomic mass is 9.98. The van der Waals surface area contributed by atoms with E-state index in [2.05, 4.69) is 61.2 Å². The van der Waals surface area contributed by atoms with Crippen molar-refractivity contribution in [3.8, 4) is 0 Å². The number of anilines is 1. The Hall–Kier alpha value is -1.76. The highest BCUT2D eigenvalue weighted by Crippen LogP contribution is 2.29. The van der Waals surface area contributed by atoms with Gasteiger partial charge >= 0.3 is 0 Å². The molecule has 0 aromatic heterocycles. The molecule has 1 heterocycles. The molecule has 98 valence electrons. The molecule has 0 bridgehead atoms. The monoisotopic (exact) mass is 251 g/mol. The quantitative estimate of drug-likeness (QED) is 0.771. The largest absolute Gasteiger partial charge is 0.367 e. The highest BCUT2D eigenvalue weighted by Gasteiger charge is 2.17. The predicted octanol–water partition coefficient (Wildman–Crippen LogP) is 4.26. The number of hydrogen-bond donors (Lipinski definition) is 0. The van der Waals surface area contributed by atoms with Crippen molar-refractivity contribution in [1.29, 1.82) is 0 Å². The van der Waals surface area contributed by atoms with Gasteiger partial charge in [0.1, 0.15) is 0 Å².